The highest BCUT2D eigenvalue weighted by atomic mass is 15.2. The van der Waals surface area contributed by atoms with Gasteiger partial charge in [0.2, 0.25) is 5.95 Å². The van der Waals surface area contributed by atoms with E-state index < -0.39 is 0 Å². The summed E-state index contributed by atoms with van der Waals surface area (Å²) < 4.78 is 0. The number of aromatic nitrogens is 3. The first-order valence-electron chi connectivity index (χ1n) is 6.37. The van der Waals surface area contributed by atoms with Crippen LogP contribution in [0, 0.1) is 0 Å². The summed E-state index contributed by atoms with van der Waals surface area (Å²) in [5.74, 6) is 1.09. The molecule has 6 heteroatoms. The first-order valence-corrected chi connectivity index (χ1v) is 6.37. The molecule has 1 aliphatic heterocycles. The molecule has 2 aromatic rings. The van der Waals surface area contributed by atoms with E-state index in [0.717, 1.165) is 30.0 Å². The summed E-state index contributed by atoms with van der Waals surface area (Å²) in [4.78, 5) is 12.6. The van der Waals surface area contributed by atoms with Crippen LogP contribution in [0.5, 0.6) is 0 Å². The van der Waals surface area contributed by atoms with Gasteiger partial charge in [0.05, 0.1) is 11.9 Å². The summed E-state index contributed by atoms with van der Waals surface area (Å²) in [6.07, 6.45) is 5.98. The van der Waals surface area contributed by atoms with Gasteiger partial charge in [-0.05, 0) is 37.6 Å². The maximum atomic E-state index is 5.63. The number of pyridine rings is 1. The lowest BCUT2D eigenvalue weighted by molar-refractivity contribution is 0.676. The average molecular weight is 256 g/mol. The van der Waals surface area contributed by atoms with Crippen LogP contribution in [0.2, 0.25) is 0 Å². The number of nitrogen functional groups attached to an aromatic ring is 1. The number of nitrogens with zero attached hydrogens (tertiary/aromatic N) is 3. The summed E-state index contributed by atoms with van der Waals surface area (Å²) in [6, 6.07) is 5.70. The zero-order valence-corrected chi connectivity index (χ0v) is 10.5. The Morgan fingerprint density at radius 2 is 2.21 bits per heavy atom. The van der Waals surface area contributed by atoms with E-state index in [1.165, 1.54) is 6.42 Å². The number of hydrogen-bond donors (Lipinski definition) is 3. The van der Waals surface area contributed by atoms with Crippen LogP contribution >= 0.6 is 0 Å². The normalized spacial score (nSPS) is 18.4. The highest BCUT2D eigenvalue weighted by Crippen LogP contribution is 2.25. The molecule has 6 nitrogen and oxygen atoms in total. The number of nitrogens with two attached hydrogens (primary N) is 1. The monoisotopic (exact) mass is 256 g/mol. The third kappa shape index (κ3) is 2.63. The van der Waals surface area contributed by atoms with Gasteiger partial charge in [-0.25, -0.2) is 15.0 Å². The predicted octanol–water partition coefficient (Wildman–Crippen LogP) is 1.24. The number of hydrogen-bond acceptors (Lipinski definition) is 6. The molecule has 0 saturated carbocycles. The topological polar surface area (TPSA) is 88.8 Å². The zero-order chi connectivity index (χ0) is 13.1. The smallest absolute Gasteiger partial charge is 0.220 e. The molecule has 19 heavy (non-hydrogen) atoms. The second-order valence-electron chi connectivity index (χ2n) is 4.49. The fourth-order valence-corrected chi connectivity index (χ4v) is 2.22. The minimum absolute atomic E-state index is 0.270. The van der Waals surface area contributed by atoms with Gasteiger partial charge in [-0.15, -0.1) is 0 Å². The molecule has 1 aliphatic rings. The van der Waals surface area contributed by atoms with E-state index in [2.05, 4.69) is 25.6 Å². The summed E-state index contributed by atoms with van der Waals surface area (Å²) in [7, 11) is 0. The van der Waals surface area contributed by atoms with E-state index in [-0.39, 0.29) is 12.1 Å². The molecule has 0 bridgehead atoms. The van der Waals surface area contributed by atoms with Crippen molar-refractivity contribution < 1.29 is 0 Å². The van der Waals surface area contributed by atoms with Crippen molar-refractivity contribution in [3.8, 4) is 11.3 Å². The fraction of sp³-hybridized carbons (Fsp3) is 0.308. The lowest BCUT2D eigenvalue weighted by atomic mass is 10.2. The molecular weight excluding hydrogens is 240 g/mol. The predicted molar refractivity (Wildman–Crippen MR) is 74.3 cm³/mol. The largest absolute Gasteiger partial charge is 0.368 e. The van der Waals surface area contributed by atoms with Crippen LogP contribution < -0.4 is 16.4 Å². The Kier molecular flexibility index (Phi) is 3.24. The van der Waals surface area contributed by atoms with Crippen LogP contribution in [0.4, 0.5) is 11.8 Å². The van der Waals surface area contributed by atoms with Gasteiger partial charge in [-0.1, -0.05) is 0 Å². The molecule has 1 fully saturated rings. The van der Waals surface area contributed by atoms with Gasteiger partial charge in [0.25, 0.3) is 0 Å². The lowest BCUT2D eigenvalue weighted by Gasteiger charge is -2.16. The second-order valence-corrected chi connectivity index (χ2v) is 4.49. The Bertz CT molecular complexity index is 565. The Morgan fingerprint density at radius 3 is 3.00 bits per heavy atom. The Balaban J connectivity index is 1.92. The first kappa shape index (κ1) is 11.9. The highest BCUT2D eigenvalue weighted by Gasteiger charge is 2.16. The lowest BCUT2D eigenvalue weighted by Crippen LogP contribution is -2.30. The van der Waals surface area contributed by atoms with Crippen LogP contribution in [0.15, 0.2) is 30.6 Å². The molecule has 1 saturated heterocycles. The molecule has 0 radical (unpaired) electrons. The molecule has 0 aliphatic carbocycles. The molecule has 1 atom stereocenters. The molecule has 98 valence electrons. The Morgan fingerprint density at radius 1 is 1.26 bits per heavy atom. The molecule has 3 rings (SSSR count). The minimum atomic E-state index is 0.270. The van der Waals surface area contributed by atoms with Crippen LogP contribution in [-0.4, -0.2) is 27.7 Å². The van der Waals surface area contributed by atoms with Gasteiger partial charge in [0, 0.05) is 18.0 Å². The molecule has 4 N–H and O–H groups in total. The summed E-state index contributed by atoms with van der Waals surface area (Å²) in [5.41, 5.74) is 7.35. The van der Waals surface area contributed by atoms with Crippen molar-refractivity contribution >= 4 is 11.8 Å². The van der Waals surface area contributed by atoms with Crippen molar-refractivity contribution in [2.75, 3.05) is 17.6 Å². The number of rotatable bonds is 3. The van der Waals surface area contributed by atoms with Crippen molar-refractivity contribution in [2.45, 2.75) is 19.0 Å². The number of anilines is 2. The quantitative estimate of drug-likeness (QED) is 0.765. The molecule has 0 amide bonds. The van der Waals surface area contributed by atoms with Gasteiger partial charge in [0.15, 0.2) is 0 Å². The maximum absolute atomic E-state index is 5.63. The summed E-state index contributed by atoms with van der Waals surface area (Å²) >= 11 is 0. The second kappa shape index (κ2) is 5.19. The van der Waals surface area contributed by atoms with Crippen molar-refractivity contribution in [2.24, 2.45) is 0 Å². The Labute approximate surface area is 111 Å². The first-order chi connectivity index (χ1) is 9.33. The van der Waals surface area contributed by atoms with Crippen molar-refractivity contribution in [1.29, 1.82) is 0 Å². The van der Waals surface area contributed by atoms with Crippen molar-refractivity contribution in [1.82, 2.24) is 20.3 Å². The molecule has 0 aromatic carbocycles. The standard InChI is InChI=1S/C13H16N6/c14-13-17-8-5-10(18-13)9-3-1-7-16-12(9)19-11-4-2-6-15-11/h1,3,5,7-8,11,15H,2,4,6H2,(H,16,19)(H2,14,17,18)/t11-/m1/s1. The van der Waals surface area contributed by atoms with Crippen molar-refractivity contribution in [3.05, 3.63) is 30.6 Å². The summed E-state index contributed by atoms with van der Waals surface area (Å²) in [5, 5.41) is 6.79. The van der Waals surface area contributed by atoms with Gasteiger partial charge in [-0.3, -0.25) is 5.32 Å². The highest BCUT2D eigenvalue weighted by molar-refractivity contribution is 5.72. The van der Waals surface area contributed by atoms with Crippen LogP contribution in [-0.2, 0) is 0 Å². The number of nitrogens with one attached hydrogen (secondary N) is 2. The molecule has 3 heterocycles. The van der Waals surface area contributed by atoms with Crippen LogP contribution in [0.3, 0.4) is 0 Å². The van der Waals surface area contributed by atoms with Crippen LogP contribution in [0.1, 0.15) is 12.8 Å². The van der Waals surface area contributed by atoms with Gasteiger partial charge >= 0.3 is 0 Å². The minimum Gasteiger partial charge on any atom is -0.368 e. The SMILES string of the molecule is Nc1nccc(-c2cccnc2N[C@@H]2CCCN2)n1. The van der Waals surface area contributed by atoms with Crippen molar-refractivity contribution in [3.63, 3.8) is 0 Å². The molecule has 2 aromatic heterocycles. The van der Waals surface area contributed by atoms with E-state index >= 15 is 0 Å². The third-order valence-electron chi connectivity index (χ3n) is 3.13. The molecular formula is C13H16N6. The summed E-state index contributed by atoms with van der Waals surface area (Å²) in [6.45, 7) is 1.04. The van der Waals surface area contributed by atoms with Gasteiger partial charge in [-0.2, -0.15) is 0 Å². The Hall–Kier alpha value is -2.21. The average Bonchev–Trinajstić information content (AvgIpc) is 2.92. The molecule has 0 spiro atoms. The van der Waals surface area contributed by atoms with Gasteiger partial charge in [0.1, 0.15) is 5.82 Å². The third-order valence-corrected chi connectivity index (χ3v) is 3.13. The van der Waals surface area contributed by atoms with E-state index in [1.807, 2.05) is 18.2 Å². The van der Waals surface area contributed by atoms with Gasteiger partial charge < -0.3 is 11.1 Å². The maximum Gasteiger partial charge on any atom is 0.220 e. The molecule has 0 unspecified atom stereocenters. The van der Waals surface area contributed by atoms with E-state index in [0.29, 0.717) is 0 Å². The van der Waals surface area contributed by atoms with Crippen LogP contribution in [0.25, 0.3) is 11.3 Å². The van der Waals surface area contributed by atoms with E-state index in [1.54, 1.807) is 12.4 Å². The van der Waals surface area contributed by atoms with E-state index in [4.69, 9.17) is 5.73 Å². The zero-order valence-electron chi connectivity index (χ0n) is 10.5. The van der Waals surface area contributed by atoms with E-state index in [9.17, 15) is 0 Å². The fourth-order valence-electron chi connectivity index (χ4n) is 2.22.